The highest BCUT2D eigenvalue weighted by Crippen LogP contribution is 2.43. The van der Waals surface area contributed by atoms with Gasteiger partial charge in [-0.05, 0) is 50.9 Å². The second kappa shape index (κ2) is 7.85. The minimum Gasteiger partial charge on any atom is -0.459 e. The smallest absolute Gasteiger partial charge is 0.333 e. The van der Waals surface area contributed by atoms with E-state index in [2.05, 4.69) is 13.0 Å². The van der Waals surface area contributed by atoms with Crippen LogP contribution in [0, 0.1) is 11.8 Å². The molecule has 3 atom stereocenters. The van der Waals surface area contributed by atoms with Gasteiger partial charge in [0, 0.05) is 5.57 Å². The zero-order valence-corrected chi connectivity index (χ0v) is 13.2. The average Bonchev–Trinajstić information content (AvgIpc) is 2.87. The first-order chi connectivity index (χ1) is 9.72. The molecule has 0 N–H and O–H groups in total. The van der Waals surface area contributed by atoms with Gasteiger partial charge in [-0.3, -0.25) is 0 Å². The Morgan fingerprint density at radius 2 is 1.95 bits per heavy atom. The minimum atomic E-state index is -0.0716. The number of hydrogen-bond acceptors (Lipinski definition) is 2. The summed E-state index contributed by atoms with van der Waals surface area (Å²) in [6.07, 6.45) is 14.6. The van der Waals surface area contributed by atoms with Gasteiger partial charge in [0.05, 0.1) is 0 Å². The van der Waals surface area contributed by atoms with Crippen molar-refractivity contribution in [3.05, 3.63) is 11.6 Å². The molecule has 0 aromatic carbocycles. The lowest BCUT2D eigenvalue weighted by atomic mass is 9.81. The SMILES string of the molecule is CCCCCC=C(C)C(=O)OC1CCC2CCCCC21. The van der Waals surface area contributed by atoms with Gasteiger partial charge >= 0.3 is 5.97 Å². The van der Waals surface area contributed by atoms with Crippen molar-refractivity contribution in [2.45, 2.75) is 84.2 Å². The number of hydrogen-bond donors (Lipinski definition) is 0. The van der Waals surface area contributed by atoms with E-state index >= 15 is 0 Å². The first-order valence-electron chi connectivity index (χ1n) is 8.60. The highest BCUT2D eigenvalue weighted by Gasteiger charge is 2.39. The Bertz CT molecular complexity index is 345. The van der Waals surface area contributed by atoms with Crippen molar-refractivity contribution < 1.29 is 9.53 Å². The predicted octanol–water partition coefficient (Wildman–Crippen LogP) is 5.03. The number of allylic oxidation sites excluding steroid dienone is 1. The molecule has 0 radical (unpaired) electrons. The summed E-state index contributed by atoms with van der Waals surface area (Å²) in [6, 6.07) is 0. The van der Waals surface area contributed by atoms with Crippen LogP contribution < -0.4 is 0 Å². The fourth-order valence-electron chi connectivity index (χ4n) is 3.85. The van der Waals surface area contributed by atoms with Gasteiger partial charge in [-0.2, -0.15) is 0 Å². The molecule has 0 bridgehead atoms. The van der Waals surface area contributed by atoms with E-state index in [-0.39, 0.29) is 12.1 Å². The van der Waals surface area contributed by atoms with Gasteiger partial charge in [0.1, 0.15) is 6.10 Å². The molecule has 0 aliphatic heterocycles. The van der Waals surface area contributed by atoms with Crippen LogP contribution in [-0.4, -0.2) is 12.1 Å². The Labute approximate surface area is 124 Å². The fraction of sp³-hybridized carbons (Fsp3) is 0.833. The largest absolute Gasteiger partial charge is 0.459 e. The summed E-state index contributed by atoms with van der Waals surface area (Å²) in [6.45, 7) is 4.10. The molecule has 2 fully saturated rings. The molecule has 114 valence electrons. The summed E-state index contributed by atoms with van der Waals surface area (Å²) in [7, 11) is 0. The Morgan fingerprint density at radius 1 is 1.15 bits per heavy atom. The van der Waals surface area contributed by atoms with Gasteiger partial charge in [0.25, 0.3) is 0 Å². The summed E-state index contributed by atoms with van der Waals surface area (Å²) in [5.74, 6) is 1.41. The molecule has 2 aliphatic rings. The number of fused-ring (bicyclic) bond motifs is 1. The summed E-state index contributed by atoms with van der Waals surface area (Å²) in [5.41, 5.74) is 0.806. The van der Waals surface area contributed by atoms with Crippen LogP contribution >= 0.6 is 0 Å². The van der Waals surface area contributed by atoms with Crippen molar-refractivity contribution >= 4 is 5.97 Å². The first-order valence-corrected chi connectivity index (χ1v) is 8.60. The van der Waals surface area contributed by atoms with Crippen LogP contribution in [-0.2, 0) is 9.53 Å². The number of esters is 1. The summed E-state index contributed by atoms with van der Waals surface area (Å²) in [5, 5.41) is 0. The number of ether oxygens (including phenoxy) is 1. The molecule has 0 spiro atoms. The van der Waals surface area contributed by atoms with Crippen molar-refractivity contribution in [2.24, 2.45) is 11.8 Å². The summed E-state index contributed by atoms with van der Waals surface area (Å²) >= 11 is 0. The summed E-state index contributed by atoms with van der Waals surface area (Å²) in [4.78, 5) is 12.1. The van der Waals surface area contributed by atoms with Crippen LogP contribution in [0.1, 0.15) is 78.1 Å². The van der Waals surface area contributed by atoms with Gasteiger partial charge < -0.3 is 4.74 Å². The third-order valence-electron chi connectivity index (χ3n) is 5.11. The Balaban J connectivity index is 1.78. The molecule has 0 amide bonds. The molecule has 2 heteroatoms. The van der Waals surface area contributed by atoms with Crippen molar-refractivity contribution in [1.29, 1.82) is 0 Å². The monoisotopic (exact) mass is 278 g/mol. The van der Waals surface area contributed by atoms with Crippen LogP contribution in [0.4, 0.5) is 0 Å². The maximum absolute atomic E-state index is 12.1. The van der Waals surface area contributed by atoms with Crippen LogP contribution in [0.15, 0.2) is 11.6 Å². The lowest BCUT2D eigenvalue weighted by molar-refractivity contribution is -0.146. The highest BCUT2D eigenvalue weighted by atomic mass is 16.5. The molecule has 20 heavy (non-hydrogen) atoms. The van der Waals surface area contributed by atoms with Gasteiger partial charge in [-0.1, -0.05) is 45.1 Å². The average molecular weight is 278 g/mol. The highest BCUT2D eigenvalue weighted by molar-refractivity contribution is 5.87. The Hall–Kier alpha value is -0.790. The molecule has 2 saturated carbocycles. The zero-order chi connectivity index (χ0) is 14.4. The molecule has 3 unspecified atom stereocenters. The van der Waals surface area contributed by atoms with Crippen molar-refractivity contribution in [2.75, 3.05) is 0 Å². The molecule has 0 saturated heterocycles. The van der Waals surface area contributed by atoms with E-state index in [1.165, 1.54) is 51.4 Å². The molecule has 2 rings (SSSR count). The maximum atomic E-state index is 12.1. The van der Waals surface area contributed by atoms with E-state index in [1.54, 1.807) is 0 Å². The quantitative estimate of drug-likeness (QED) is 0.387. The maximum Gasteiger partial charge on any atom is 0.333 e. The number of carbonyl (C=O) groups is 1. The van der Waals surface area contributed by atoms with Crippen LogP contribution in [0.3, 0.4) is 0 Å². The van der Waals surface area contributed by atoms with Crippen molar-refractivity contribution in [3.8, 4) is 0 Å². The van der Waals surface area contributed by atoms with Crippen molar-refractivity contribution in [3.63, 3.8) is 0 Å². The second-order valence-corrected chi connectivity index (χ2v) is 6.61. The van der Waals surface area contributed by atoms with Crippen LogP contribution in [0.2, 0.25) is 0 Å². The lowest BCUT2D eigenvalue weighted by Gasteiger charge is -2.28. The standard InChI is InChI=1S/C18H30O2/c1-3-4-5-6-9-14(2)18(19)20-17-13-12-15-10-7-8-11-16(15)17/h9,15-17H,3-8,10-13H2,1-2H3. The molecule has 0 aromatic rings. The molecule has 2 aliphatic carbocycles. The van der Waals surface area contributed by atoms with Gasteiger partial charge in [0.15, 0.2) is 0 Å². The van der Waals surface area contributed by atoms with E-state index in [0.717, 1.165) is 24.3 Å². The van der Waals surface area contributed by atoms with Crippen molar-refractivity contribution in [1.82, 2.24) is 0 Å². The summed E-state index contributed by atoms with van der Waals surface area (Å²) < 4.78 is 5.79. The third kappa shape index (κ3) is 4.10. The predicted molar refractivity (Wildman–Crippen MR) is 82.5 cm³/mol. The van der Waals surface area contributed by atoms with E-state index in [4.69, 9.17) is 4.74 Å². The topological polar surface area (TPSA) is 26.3 Å². The number of unbranched alkanes of at least 4 members (excludes halogenated alkanes) is 3. The Kier molecular flexibility index (Phi) is 6.12. The molecule has 2 nitrogen and oxygen atoms in total. The number of rotatable bonds is 6. The van der Waals surface area contributed by atoms with E-state index in [1.807, 2.05) is 6.92 Å². The third-order valence-corrected chi connectivity index (χ3v) is 5.11. The molecular formula is C18H30O2. The van der Waals surface area contributed by atoms with Crippen LogP contribution in [0.5, 0.6) is 0 Å². The Morgan fingerprint density at radius 3 is 2.75 bits per heavy atom. The molecule has 0 heterocycles. The van der Waals surface area contributed by atoms with Crippen LogP contribution in [0.25, 0.3) is 0 Å². The second-order valence-electron chi connectivity index (χ2n) is 6.61. The van der Waals surface area contributed by atoms with Gasteiger partial charge in [-0.25, -0.2) is 4.79 Å². The van der Waals surface area contributed by atoms with Gasteiger partial charge in [-0.15, -0.1) is 0 Å². The molecule has 0 aromatic heterocycles. The lowest BCUT2D eigenvalue weighted by Crippen LogP contribution is -2.27. The molecular weight excluding hydrogens is 248 g/mol. The normalized spacial score (nSPS) is 30.1. The fourth-order valence-corrected chi connectivity index (χ4v) is 3.85. The minimum absolute atomic E-state index is 0.0716. The first kappa shape index (κ1) is 15.6. The van der Waals surface area contributed by atoms with E-state index in [0.29, 0.717) is 5.92 Å². The number of carbonyl (C=O) groups excluding carboxylic acids is 1. The van der Waals surface area contributed by atoms with E-state index < -0.39 is 0 Å². The van der Waals surface area contributed by atoms with E-state index in [9.17, 15) is 4.79 Å². The zero-order valence-electron chi connectivity index (χ0n) is 13.2. The van der Waals surface area contributed by atoms with Gasteiger partial charge in [0.2, 0.25) is 0 Å².